The maximum Gasteiger partial charge on any atom is 0.409 e. The van der Waals surface area contributed by atoms with E-state index in [0.717, 1.165) is 37.0 Å². The number of allylic oxidation sites excluding steroid dienone is 3. The number of rotatable bonds is 5. The van der Waals surface area contributed by atoms with Crippen LogP contribution < -0.4 is 0 Å². The fourth-order valence-electron chi connectivity index (χ4n) is 3.65. The molecule has 0 aromatic carbocycles. The van der Waals surface area contributed by atoms with Crippen molar-refractivity contribution in [1.29, 1.82) is 0 Å². The minimum Gasteiger partial charge on any atom is -0.457 e. The molecule has 2 heterocycles. The monoisotopic (exact) mass is 454 g/mol. The summed E-state index contributed by atoms with van der Waals surface area (Å²) in [6.07, 6.45) is 14.5. The van der Waals surface area contributed by atoms with Gasteiger partial charge in [0.2, 0.25) is 0 Å². The zero-order valence-electron chi connectivity index (χ0n) is 20.6. The van der Waals surface area contributed by atoms with E-state index >= 15 is 0 Å². The van der Waals surface area contributed by atoms with Crippen molar-refractivity contribution in [3.63, 3.8) is 0 Å². The highest BCUT2D eigenvalue weighted by molar-refractivity contribution is 5.70. The summed E-state index contributed by atoms with van der Waals surface area (Å²) < 4.78 is 11.5. The minimum absolute atomic E-state index is 0.0631. The second-order valence-electron chi connectivity index (χ2n) is 8.91. The first-order valence-electron chi connectivity index (χ1n) is 11.8. The van der Waals surface area contributed by atoms with Crippen LogP contribution in [0.15, 0.2) is 60.3 Å². The van der Waals surface area contributed by atoms with Gasteiger partial charge in [-0.05, 0) is 50.0 Å². The predicted molar refractivity (Wildman–Crippen MR) is 131 cm³/mol. The summed E-state index contributed by atoms with van der Waals surface area (Å²) in [5.41, 5.74) is 1.97. The Morgan fingerprint density at radius 1 is 1.24 bits per heavy atom. The molecule has 0 spiro atoms. The van der Waals surface area contributed by atoms with Gasteiger partial charge in [0.25, 0.3) is 0 Å². The number of cyclic esters (lactones) is 1. The molecule has 2 rings (SSSR count). The number of aromatic nitrogens is 1. The van der Waals surface area contributed by atoms with Crippen LogP contribution in [-0.4, -0.2) is 48.2 Å². The van der Waals surface area contributed by atoms with Gasteiger partial charge in [0.05, 0.1) is 0 Å². The number of carbonyl (C=O) groups excluding carboxylic acids is 2. The Kier molecular flexibility index (Phi) is 10.9. The molecule has 1 unspecified atom stereocenters. The van der Waals surface area contributed by atoms with Crippen LogP contribution in [0.25, 0.3) is 0 Å². The number of hydrogen-bond donors (Lipinski definition) is 0. The van der Waals surface area contributed by atoms with E-state index < -0.39 is 0 Å². The Labute approximate surface area is 198 Å². The second-order valence-corrected chi connectivity index (χ2v) is 8.91. The van der Waals surface area contributed by atoms with E-state index in [1.165, 1.54) is 4.90 Å². The molecule has 180 valence electrons. The van der Waals surface area contributed by atoms with E-state index in [0.29, 0.717) is 6.42 Å². The lowest BCUT2D eigenvalue weighted by Crippen LogP contribution is -2.28. The summed E-state index contributed by atoms with van der Waals surface area (Å²) >= 11 is 0. The van der Waals surface area contributed by atoms with Gasteiger partial charge >= 0.3 is 12.1 Å². The highest BCUT2D eigenvalue weighted by Crippen LogP contribution is 2.22. The molecule has 1 aromatic heterocycles. The number of amides is 1. The molecule has 4 atom stereocenters. The summed E-state index contributed by atoms with van der Waals surface area (Å²) in [5, 5.41) is 0. The average Bonchev–Trinajstić information content (AvgIpc) is 2.79. The van der Waals surface area contributed by atoms with Gasteiger partial charge < -0.3 is 14.4 Å². The normalized spacial score (nSPS) is 24.8. The number of carbonyl (C=O) groups is 2. The summed E-state index contributed by atoms with van der Waals surface area (Å²) in [5.74, 6) is -0.0552. The van der Waals surface area contributed by atoms with Crippen molar-refractivity contribution in [2.75, 3.05) is 14.1 Å². The van der Waals surface area contributed by atoms with Gasteiger partial charge in [-0.3, -0.25) is 9.78 Å². The third-order valence-electron chi connectivity index (χ3n) is 5.71. The quantitative estimate of drug-likeness (QED) is 0.318. The topological polar surface area (TPSA) is 68.7 Å². The van der Waals surface area contributed by atoms with E-state index in [4.69, 9.17) is 9.47 Å². The van der Waals surface area contributed by atoms with Crippen LogP contribution in [0.5, 0.6) is 0 Å². The summed E-state index contributed by atoms with van der Waals surface area (Å²) in [7, 11) is 3.35. The molecule has 0 fully saturated rings. The molecule has 1 aromatic rings. The van der Waals surface area contributed by atoms with Crippen LogP contribution >= 0.6 is 0 Å². The maximum atomic E-state index is 12.4. The van der Waals surface area contributed by atoms with Gasteiger partial charge in [-0.2, -0.15) is 0 Å². The fraction of sp³-hybridized carbons (Fsp3) is 0.519. The van der Waals surface area contributed by atoms with E-state index in [1.54, 1.807) is 20.3 Å². The summed E-state index contributed by atoms with van der Waals surface area (Å²) in [6.45, 7) is 6.09. The third kappa shape index (κ3) is 9.24. The van der Waals surface area contributed by atoms with E-state index in [2.05, 4.69) is 18.0 Å². The fourth-order valence-corrected chi connectivity index (χ4v) is 3.65. The zero-order valence-corrected chi connectivity index (χ0v) is 20.6. The Morgan fingerprint density at radius 2 is 2.03 bits per heavy atom. The van der Waals surface area contributed by atoms with Crippen LogP contribution in [-0.2, 0) is 14.3 Å². The Morgan fingerprint density at radius 3 is 2.73 bits per heavy atom. The molecule has 0 radical (unpaired) electrons. The predicted octanol–water partition coefficient (Wildman–Crippen LogP) is 5.82. The van der Waals surface area contributed by atoms with Crippen LogP contribution in [0.4, 0.5) is 4.79 Å². The van der Waals surface area contributed by atoms with Crippen LogP contribution in [0.3, 0.4) is 0 Å². The number of pyridine rings is 1. The van der Waals surface area contributed by atoms with E-state index in [-0.39, 0.29) is 36.1 Å². The largest absolute Gasteiger partial charge is 0.457 e. The first-order valence-corrected chi connectivity index (χ1v) is 11.8. The minimum atomic E-state index is -0.381. The lowest BCUT2D eigenvalue weighted by atomic mass is 9.95. The molecule has 6 nitrogen and oxygen atoms in total. The Bertz CT molecular complexity index is 845. The van der Waals surface area contributed by atoms with Gasteiger partial charge in [0.15, 0.2) is 0 Å². The molecule has 0 N–H and O–H groups in total. The third-order valence-corrected chi connectivity index (χ3v) is 5.71. The lowest BCUT2D eigenvalue weighted by molar-refractivity contribution is -0.148. The molecular formula is C27H38N2O4. The van der Waals surface area contributed by atoms with Crippen LogP contribution in [0.2, 0.25) is 0 Å². The van der Waals surface area contributed by atoms with Crippen molar-refractivity contribution in [2.24, 2.45) is 5.92 Å². The van der Waals surface area contributed by atoms with Crippen molar-refractivity contribution < 1.29 is 19.1 Å². The summed E-state index contributed by atoms with van der Waals surface area (Å²) in [4.78, 5) is 30.3. The van der Waals surface area contributed by atoms with Gasteiger partial charge in [0, 0.05) is 44.2 Å². The van der Waals surface area contributed by atoms with Crippen molar-refractivity contribution in [1.82, 2.24) is 9.88 Å². The van der Waals surface area contributed by atoms with Gasteiger partial charge in [-0.25, -0.2) is 4.79 Å². The number of esters is 1. The molecule has 6 heteroatoms. The van der Waals surface area contributed by atoms with Crippen molar-refractivity contribution >= 4 is 12.1 Å². The van der Waals surface area contributed by atoms with E-state index in [9.17, 15) is 9.59 Å². The maximum absolute atomic E-state index is 12.4. The number of nitrogens with zero attached hydrogens (tertiary/aromatic N) is 2. The molecule has 33 heavy (non-hydrogen) atoms. The highest BCUT2D eigenvalue weighted by Gasteiger charge is 2.23. The summed E-state index contributed by atoms with van der Waals surface area (Å²) in [6, 6.07) is 5.89. The first-order chi connectivity index (χ1) is 15.8. The van der Waals surface area contributed by atoms with Crippen molar-refractivity contribution in [3.8, 4) is 0 Å². The number of ether oxygens (including phenoxy) is 2. The lowest BCUT2D eigenvalue weighted by Gasteiger charge is -2.24. The van der Waals surface area contributed by atoms with Gasteiger partial charge in [-0.15, -0.1) is 0 Å². The average molecular weight is 455 g/mol. The van der Waals surface area contributed by atoms with Crippen LogP contribution in [0, 0.1) is 5.92 Å². The number of hydrogen-bond acceptors (Lipinski definition) is 5. The van der Waals surface area contributed by atoms with Gasteiger partial charge in [-0.1, -0.05) is 50.6 Å². The van der Waals surface area contributed by atoms with Gasteiger partial charge in [0.1, 0.15) is 12.2 Å². The molecule has 0 aliphatic carbocycles. The molecule has 1 aliphatic rings. The second kappa shape index (κ2) is 13.6. The molecule has 0 saturated heterocycles. The molecular weight excluding hydrogens is 416 g/mol. The first kappa shape index (κ1) is 26.4. The van der Waals surface area contributed by atoms with Crippen molar-refractivity contribution in [3.05, 3.63) is 66.0 Å². The Hall–Kier alpha value is -2.89. The van der Waals surface area contributed by atoms with Crippen LogP contribution in [0.1, 0.15) is 64.5 Å². The highest BCUT2D eigenvalue weighted by atomic mass is 16.6. The molecule has 1 aliphatic heterocycles. The molecule has 1 amide bonds. The van der Waals surface area contributed by atoms with Crippen molar-refractivity contribution in [2.45, 2.75) is 71.0 Å². The molecule has 0 bridgehead atoms. The zero-order chi connectivity index (χ0) is 24.2. The SMILES string of the molecule is C/C(=C\C=C\C(C)c1ccccn1)[C@H]1OC(=O)CCCCC[C@@H](OC(=O)N(C)C)/C=C/[C@@H]1C. The smallest absolute Gasteiger partial charge is 0.409 e. The van der Waals surface area contributed by atoms with E-state index in [1.807, 2.05) is 56.4 Å². The Balaban J connectivity index is 2.16. The molecule has 0 saturated carbocycles. The standard InChI is InChI=1S/C27H38N2O4/c1-20(24-15-9-10-19-28-24)12-11-13-21(2)26-22(3)17-18-23(32-27(31)29(4)5)14-7-6-8-16-25(30)33-26/h9-13,15,17-20,22-23,26H,6-8,14,16H2,1-5H3/b12-11+,18-17+,21-13+/t20?,22-,23+,26+/m0/s1.